The van der Waals surface area contributed by atoms with Crippen LogP contribution in [0.2, 0.25) is 5.02 Å². The van der Waals surface area contributed by atoms with E-state index in [-0.39, 0.29) is 11.4 Å². The second kappa shape index (κ2) is 5.63. The van der Waals surface area contributed by atoms with E-state index in [1.807, 2.05) is 0 Å². The zero-order valence-electron chi connectivity index (χ0n) is 8.63. The standard InChI is InChI=1S/C11H3ClF2N4/c12-8-1-7(2-9(13)11(8)14)18-10(5-17)6(3-15)4-16/h1-2,18H. The number of halogens is 3. The molecular formula is C11H3ClF2N4. The normalized spacial score (nSPS) is 8.67. The quantitative estimate of drug-likeness (QED) is 0.657. The molecule has 1 aromatic rings. The van der Waals surface area contributed by atoms with Crippen LogP contribution in [0.5, 0.6) is 0 Å². The summed E-state index contributed by atoms with van der Waals surface area (Å²) in [6.07, 6.45) is 0. The van der Waals surface area contributed by atoms with Crippen molar-refractivity contribution in [2.75, 3.05) is 5.32 Å². The van der Waals surface area contributed by atoms with E-state index in [9.17, 15) is 8.78 Å². The molecule has 1 aromatic carbocycles. The number of nitrogens with one attached hydrogen (secondary N) is 1. The maximum absolute atomic E-state index is 13.0. The summed E-state index contributed by atoms with van der Waals surface area (Å²) in [4.78, 5) is 0. The third-order valence-electron chi connectivity index (χ3n) is 1.84. The third kappa shape index (κ3) is 2.74. The van der Waals surface area contributed by atoms with Gasteiger partial charge in [-0.05, 0) is 6.07 Å². The van der Waals surface area contributed by atoms with E-state index in [2.05, 4.69) is 5.32 Å². The molecule has 0 spiro atoms. The van der Waals surface area contributed by atoms with Gasteiger partial charge in [-0.25, -0.2) is 8.78 Å². The monoisotopic (exact) mass is 264 g/mol. The summed E-state index contributed by atoms with van der Waals surface area (Å²) in [6, 6.07) is 6.35. The van der Waals surface area contributed by atoms with Crippen LogP contribution in [0.4, 0.5) is 14.5 Å². The van der Waals surface area contributed by atoms with Gasteiger partial charge in [0.25, 0.3) is 0 Å². The first-order chi connectivity index (χ1) is 8.53. The van der Waals surface area contributed by atoms with Gasteiger partial charge in [-0.1, -0.05) is 11.6 Å². The predicted molar refractivity (Wildman–Crippen MR) is 58.9 cm³/mol. The number of rotatable bonds is 2. The molecule has 1 N–H and O–H groups in total. The molecule has 0 atom stereocenters. The molecule has 7 heteroatoms. The van der Waals surface area contributed by atoms with Gasteiger partial charge in [-0.15, -0.1) is 0 Å². The highest BCUT2D eigenvalue weighted by Gasteiger charge is 2.11. The highest BCUT2D eigenvalue weighted by atomic mass is 35.5. The Kier molecular flexibility index (Phi) is 4.21. The Morgan fingerprint density at radius 3 is 2.17 bits per heavy atom. The predicted octanol–water partition coefficient (Wildman–Crippen LogP) is 2.85. The van der Waals surface area contributed by atoms with Crippen LogP contribution in [-0.2, 0) is 0 Å². The molecule has 0 radical (unpaired) electrons. The molecule has 0 saturated heterocycles. The topological polar surface area (TPSA) is 83.4 Å². The van der Waals surface area contributed by atoms with Crippen LogP contribution < -0.4 is 5.32 Å². The summed E-state index contributed by atoms with van der Waals surface area (Å²) < 4.78 is 25.9. The SMILES string of the molecule is N#CC(C#N)=C(C#N)Nc1cc(F)c(F)c(Cl)c1. The Hall–Kier alpha value is -2.62. The van der Waals surface area contributed by atoms with Crippen molar-refractivity contribution in [3.05, 3.63) is 40.1 Å². The summed E-state index contributed by atoms with van der Waals surface area (Å²) >= 11 is 5.41. The lowest BCUT2D eigenvalue weighted by molar-refractivity contribution is 0.509. The summed E-state index contributed by atoms with van der Waals surface area (Å²) in [7, 11) is 0. The fraction of sp³-hybridized carbons (Fsp3) is 0. The van der Waals surface area contributed by atoms with Crippen LogP contribution >= 0.6 is 11.6 Å². The number of nitriles is 3. The summed E-state index contributed by atoms with van der Waals surface area (Å²) in [5.74, 6) is -2.43. The van der Waals surface area contributed by atoms with Gasteiger partial charge in [-0.2, -0.15) is 15.8 Å². The van der Waals surface area contributed by atoms with Gasteiger partial charge in [0.05, 0.1) is 5.02 Å². The van der Waals surface area contributed by atoms with Gasteiger partial charge in [-0.3, -0.25) is 0 Å². The molecule has 0 heterocycles. The van der Waals surface area contributed by atoms with Gasteiger partial charge in [0.2, 0.25) is 0 Å². The maximum Gasteiger partial charge on any atom is 0.177 e. The van der Waals surface area contributed by atoms with Crippen LogP contribution in [-0.4, -0.2) is 0 Å². The minimum Gasteiger partial charge on any atom is -0.345 e. The van der Waals surface area contributed by atoms with Crippen LogP contribution in [0, 0.1) is 45.6 Å². The second-order valence-electron chi connectivity index (χ2n) is 2.96. The van der Waals surface area contributed by atoms with E-state index in [1.54, 1.807) is 6.07 Å². The fourth-order valence-corrected chi connectivity index (χ4v) is 1.26. The van der Waals surface area contributed by atoms with Crippen molar-refractivity contribution in [2.45, 2.75) is 0 Å². The highest BCUT2D eigenvalue weighted by molar-refractivity contribution is 6.31. The Balaban J connectivity index is 3.22. The van der Waals surface area contributed by atoms with Gasteiger partial charge >= 0.3 is 0 Å². The van der Waals surface area contributed by atoms with Crippen LogP contribution in [0.1, 0.15) is 0 Å². The molecule has 88 valence electrons. The largest absolute Gasteiger partial charge is 0.345 e. The van der Waals surface area contributed by atoms with Crippen molar-refractivity contribution in [3.63, 3.8) is 0 Å². The lowest BCUT2D eigenvalue weighted by atomic mass is 10.2. The van der Waals surface area contributed by atoms with E-state index in [1.165, 1.54) is 12.1 Å². The van der Waals surface area contributed by atoms with E-state index in [0.717, 1.165) is 12.1 Å². The zero-order chi connectivity index (χ0) is 13.7. The molecular weight excluding hydrogens is 262 g/mol. The van der Waals surface area contributed by atoms with Crippen molar-refractivity contribution in [1.82, 2.24) is 0 Å². The summed E-state index contributed by atoms with van der Waals surface area (Å²) in [6.45, 7) is 0. The van der Waals surface area contributed by atoms with Gasteiger partial charge in [0.1, 0.15) is 23.9 Å². The minimum atomic E-state index is -1.22. The average Bonchev–Trinajstić information content (AvgIpc) is 2.35. The number of benzene rings is 1. The molecule has 0 aliphatic rings. The summed E-state index contributed by atoms with van der Waals surface area (Å²) in [5.41, 5.74) is -0.890. The smallest absolute Gasteiger partial charge is 0.177 e. The number of hydrogen-bond acceptors (Lipinski definition) is 4. The maximum atomic E-state index is 13.0. The van der Waals surface area contributed by atoms with Crippen molar-refractivity contribution in [2.24, 2.45) is 0 Å². The second-order valence-corrected chi connectivity index (χ2v) is 3.37. The molecule has 0 aromatic heterocycles. The van der Waals surface area contributed by atoms with Crippen molar-refractivity contribution in [1.29, 1.82) is 15.8 Å². The van der Waals surface area contributed by atoms with E-state index in [4.69, 9.17) is 27.4 Å². The Labute approximate surface area is 106 Å². The minimum absolute atomic E-state index is 0.0431. The molecule has 18 heavy (non-hydrogen) atoms. The fourth-order valence-electron chi connectivity index (χ4n) is 1.06. The van der Waals surface area contributed by atoms with Crippen LogP contribution in [0.15, 0.2) is 23.4 Å². The number of hydrogen-bond donors (Lipinski definition) is 1. The lowest BCUT2D eigenvalue weighted by Gasteiger charge is -2.06. The van der Waals surface area contributed by atoms with Crippen molar-refractivity contribution in [3.8, 4) is 18.2 Å². The van der Waals surface area contributed by atoms with Gasteiger partial charge < -0.3 is 5.32 Å². The van der Waals surface area contributed by atoms with E-state index in [0.29, 0.717) is 0 Å². The Bertz CT molecular complexity index is 607. The first kappa shape index (κ1) is 13.4. The molecule has 0 bridgehead atoms. The first-order valence-electron chi connectivity index (χ1n) is 4.39. The van der Waals surface area contributed by atoms with E-state index >= 15 is 0 Å². The number of anilines is 1. The first-order valence-corrected chi connectivity index (χ1v) is 4.77. The number of allylic oxidation sites excluding steroid dienone is 2. The van der Waals surface area contributed by atoms with Crippen LogP contribution in [0.3, 0.4) is 0 Å². The molecule has 0 fully saturated rings. The van der Waals surface area contributed by atoms with E-state index < -0.39 is 22.2 Å². The highest BCUT2D eigenvalue weighted by Crippen LogP contribution is 2.24. The molecule has 0 aliphatic carbocycles. The molecule has 0 unspecified atom stereocenters. The third-order valence-corrected chi connectivity index (χ3v) is 2.11. The van der Waals surface area contributed by atoms with Crippen LogP contribution in [0.25, 0.3) is 0 Å². The Morgan fingerprint density at radius 1 is 1.11 bits per heavy atom. The summed E-state index contributed by atoms with van der Waals surface area (Å²) in [5, 5.41) is 27.7. The van der Waals surface area contributed by atoms with Crippen molar-refractivity contribution >= 4 is 17.3 Å². The molecule has 4 nitrogen and oxygen atoms in total. The lowest BCUT2D eigenvalue weighted by Crippen LogP contribution is -2.01. The molecule has 0 aliphatic heterocycles. The molecule has 0 amide bonds. The molecule has 1 rings (SSSR count). The number of nitrogens with zero attached hydrogens (tertiary/aromatic N) is 3. The zero-order valence-corrected chi connectivity index (χ0v) is 9.39. The Morgan fingerprint density at radius 2 is 1.72 bits per heavy atom. The van der Waals surface area contributed by atoms with Gasteiger partial charge in [0, 0.05) is 11.8 Å². The molecule has 0 saturated carbocycles. The van der Waals surface area contributed by atoms with Crippen molar-refractivity contribution < 1.29 is 8.78 Å². The average molecular weight is 265 g/mol. The van der Waals surface area contributed by atoms with Gasteiger partial charge in [0.15, 0.2) is 17.2 Å².